The van der Waals surface area contributed by atoms with E-state index in [4.69, 9.17) is 20.9 Å². The van der Waals surface area contributed by atoms with Gasteiger partial charge in [-0.25, -0.2) is 48.2 Å². The predicted octanol–water partition coefficient (Wildman–Crippen LogP) is -2.45. The second-order valence-corrected chi connectivity index (χ2v) is 17.2. The van der Waals surface area contributed by atoms with Gasteiger partial charge in [-0.3, -0.25) is 18.2 Å². The number of phosphoric acid groups is 4. The molecule has 6 rings (SSSR count). The van der Waals surface area contributed by atoms with Crippen LogP contribution in [-0.4, -0.2) is 129 Å². The molecule has 12 atom stereocenters. The van der Waals surface area contributed by atoms with Gasteiger partial charge in [0.05, 0.1) is 25.9 Å². The third-order valence-electron chi connectivity index (χ3n) is 7.42. The van der Waals surface area contributed by atoms with E-state index in [2.05, 4.69) is 51.9 Å². The van der Waals surface area contributed by atoms with Gasteiger partial charge in [-0.15, -0.1) is 0 Å². The number of hydrogen-bond acceptors (Lipinski definition) is 23. The van der Waals surface area contributed by atoms with Crippen LogP contribution < -0.4 is 11.5 Å². The van der Waals surface area contributed by atoms with E-state index < -0.39 is 93.6 Å². The fraction of sp³-hybridized carbons (Fsp3) is 0.500. The van der Waals surface area contributed by atoms with Crippen molar-refractivity contribution in [3.63, 3.8) is 0 Å². The van der Waals surface area contributed by atoms with Gasteiger partial charge in [0.25, 0.3) is 0 Å². The summed E-state index contributed by atoms with van der Waals surface area (Å²) < 4.78 is 83.4. The Bertz CT molecular complexity index is 2040. The van der Waals surface area contributed by atoms with Crippen LogP contribution in [0.4, 0.5) is 11.6 Å². The minimum atomic E-state index is -6.19. The number of imidazole rings is 2. The lowest BCUT2D eigenvalue weighted by Crippen LogP contribution is -2.33. The number of rotatable bonds is 14. The summed E-state index contributed by atoms with van der Waals surface area (Å²) in [5.74, 6) is -0.0284. The third-order valence-corrected chi connectivity index (χ3v) is 13.3. The summed E-state index contributed by atoms with van der Waals surface area (Å²) in [5, 5.41) is 41.8. The van der Waals surface area contributed by atoms with Crippen molar-refractivity contribution in [2.75, 3.05) is 24.7 Å². The monoisotopic (exact) mass is 836 g/mol. The number of aliphatic hydroxyl groups excluding tert-OH is 4. The zero-order chi connectivity index (χ0) is 38.7. The molecule has 2 fully saturated rings. The number of aromatic nitrogens is 8. The van der Waals surface area contributed by atoms with Crippen LogP contribution in [0.25, 0.3) is 22.3 Å². The molecule has 4 unspecified atom stereocenters. The number of fused-ring (bicyclic) bond motifs is 2. The highest BCUT2D eigenvalue weighted by Crippen LogP contribution is 2.71. The highest BCUT2D eigenvalue weighted by molar-refractivity contribution is 7.69. The van der Waals surface area contributed by atoms with Crippen LogP contribution in [0.15, 0.2) is 25.3 Å². The fourth-order valence-electron chi connectivity index (χ4n) is 5.11. The van der Waals surface area contributed by atoms with E-state index in [-0.39, 0.29) is 34.0 Å². The topological polar surface area (TPSA) is 434 Å². The molecule has 0 aliphatic carbocycles. The fourth-order valence-corrected chi connectivity index (χ4v) is 10.1. The first-order chi connectivity index (χ1) is 24.7. The van der Waals surface area contributed by atoms with Crippen LogP contribution in [0.5, 0.6) is 0 Å². The summed E-state index contributed by atoms with van der Waals surface area (Å²) in [6, 6.07) is 0. The predicted molar refractivity (Wildman–Crippen MR) is 166 cm³/mol. The molecule has 2 aliphatic rings. The second kappa shape index (κ2) is 14.6. The van der Waals surface area contributed by atoms with Crippen LogP contribution in [0, 0.1) is 0 Å². The average Bonchev–Trinajstić information content (AvgIpc) is 3.80. The normalized spacial score (nSPS) is 30.9. The molecular formula is C20H28N10O19P4. The summed E-state index contributed by atoms with van der Waals surface area (Å²) in [6.07, 6.45) is -8.58. The number of anilines is 2. The van der Waals surface area contributed by atoms with Crippen molar-refractivity contribution in [2.45, 2.75) is 49.1 Å². The van der Waals surface area contributed by atoms with Crippen molar-refractivity contribution in [3.8, 4) is 0 Å². The molecule has 6 heterocycles. The number of nitrogens with two attached hydrogens (primary N) is 2. The first kappa shape index (κ1) is 39.7. The van der Waals surface area contributed by atoms with Crippen molar-refractivity contribution < 1.29 is 89.7 Å². The lowest BCUT2D eigenvalue weighted by atomic mass is 10.1. The Morgan fingerprint density at radius 1 is 0.585 bits per heavy atom. The number of hydrogen-bond donors (Lipinski definition) is 10. The Balaban J connectivity index is 1.01. The summed E-state index contributed by atoms with van der Waals surface area (Å²) in [4.78, 5) is 63.0. The Kier molecular flexibility index (Phi) is 10.9. The molecule has 0 saturated carbocycles. The lowest BCUT2D eigenvalue weighted by molar-refractivity contribution is -0.0505. The molecule has 0 radical (unpaired) electrons. The molecule has 33 heteroatoms. The molecule has 0 spiro atoms. The van der Waals surface area contributed by atoms with Crippen molar-refractivity contribution >= 4 is 65.3 Å². The maximum absolute atomic E-state index is 12.4. The molecule has 292 valence electrons. The Morgan fingerprint density at radius 3 is 1.32 bits per heavy atom. The van der Waals surface area contributed by atoms with Crippen LogP contribution in [-0.2, 0) is 49.7 Å². The van der Waals surface area contributed by atoms with Gasteiger partial charge in [0.2, 0.25) is 0 Å². The summed E-state index contributed by atoms with van der Waals surface area (Å²) in [6.45, 7) is -2.22. The highest BCUT2D eigenvalue weighted by Gasteiger charge is 2.50. The molecule has 12 N–H and O–H groups in total. The van der Waals surface area contributed by atoms with Crippen molar-refractivity contribution in [1.29, 1.82) is 0 Å². The maximum Gasteiger partial charge on any atom is 0.490 e. The second-order valence-electron chi connectivity index (χ2n) is 11.0. The number of ether oxygens (including phenoxy) is 2. The van der Waals surface area contributed by atoms with Gasteiger partial charge in [-0.05, 0) is 0 Å². The van der Waals surface area contributed by atoms with Crippen molar-refractivity contribution in [3.05, 3.63) is 25.3 Å². The maximum atomic E-state index is 12.4. The molecule has 0 bridgehead atoms. The van der Waals surface area contributed by atoms with Gasteiger partial charge in [-0.2, -0.15) is 12.9 Å². The van der Waals surface area contributed by atoms with Gasteiger partial charge in [-0.1, -0.05) is 0 Å². The zero-order valence-electron chi connectivity index (χ0n) is 25.9. The molecule has 0 aromatic carbocycles. The van der Waals surface area contributed by atoms with E-state index in [0.29, 0.717) is 0 Å². The standard InChI is InChI=1S/C20H28N10O19P4/c21-15-9-17(25-3-23-15)29(5-27-9)19-13(33)11(31)7(45-19)1-43-50(35,36)47-52(39,40)49-53(41,42)48-51(37,38)44-2-8-12(32)14(34)20(46-8)30-6-28-10-16(22)24-4-26-18(10)30/h3-8,11-14,19-20,31-34H,1-2H2,(H,35,36)(H,37,38)(H,39,40)(H,41,42)(H2,21,23,25)(H2,22,24,26)/t7-,8-,11-,12-,13-,14-,19-,20-/m1/s1. The first-order valence-corrected chi connectivity index (χ1v) is 20.3. The van der Waals surface area contributed by atoms with Crippen LogP contribution >= 0.6 is 31.3 Å². The van der Waals surface area contributed by atoms with Gasteiger partial charge in [0, 0.05) is 0 Å². The van der Waals surface area contributed by atoms with Crippen LogP contribution in [0.3, 0.4) is 0 Å². The molecule has 0 amide bonds. The van der Waals surface area contributed by atoms with E-state index in [1.54, 1.807) is 0 Å². The first-order valence-electron chi connectivity index (χ1n) is 14.3. The molecular weight excluding hydrogens is 808 g/mol. The smallest absolute Gasteiger partial charge is 0.387 e. The lowest BCUT2D eigenvalue weighted by Gasteiger charge is -2.21. The average molecular weight is 836 g/mol. The Labute approximate surface area is 293 Å². The zero-order valence-corrected chi connectivity index (χ0v) is 29.5. The third kappa shape index (κ3) is 8.48. The summed E-state index contributed by atoms with van der Waals surface area (Å²) >= 11 is 0. The van der Waals surface area contributed by atoms with E-state index in [9.17, 15) is 58.3 Å². The van der Waals surface area contributed by atoms with Crippen molar-refractivity contribution in [1.82, 2.24) is 39.0 Å². The SMILES string of the molecule is Nc1ncnc2c1ncn2[C@@H]1O[C@H](COP(=O)(O)OP(=O)(O)OP(=O)(O)OP(=O)(O)OC[C@H]2O[C@@H](n3cnc4c(N)ncnc43)[C@H](O)[C@@H]2O)[C@@H](O)[C@H]1O. The van der Waals surface area contributed by atoms with E-state index >= 15 is 0 Å². The van der Waals surface area contributed by atoms with Gasteiger partial charge >= 0.3 is 31.3 Å². The summed E-state index contributed by atoms with van der Waals surface area (Å²) in [7, 11) is -23.9. The number of nitrogens with zero attached hydrogens (tertiary/aromatic N) is 8. The molecule has 2 aliphatic heterocycles. The quantitative estimate of drug-likeness (QED) is 0.0589. The molecule has 4 aromatic heterocycles. The minimum Gasteiger partial charge on any atom is -0.387 e. The Morgan fingerprint density at radius 2 is 0.943 bits per heavy atom. The van der Waals surface area contributed by atoms with Crippen molar-refractivity contribution in [2.24, 2.45) is 0 Å². The minimum absolute atomic E-state index is 0.0142. The summed E-state index contributed by atoms with van der Waals surface area (Å²) in [5.41, 5.74) is 11.9. The number of aliphatic hydroxyl groups is 4. The van der Waals surface area contributed by atoms with Crippen LogP contribution in [0.1, 0.15) is 12.5 Å². The largest absolute Gasteiger partial charge is 0.490 e. The molecule has 53 heavy (non-hydrogen) atoms. The molecule has 29 nitrogen and oxygen atoms in total. The van der Waals surface area contributed by atoms with Gasteiger partial charge in [0.1, 0.15) is 60.3 Å². The van der Waals surface area contributed by atoms with E-state index in [1.165, 1.54) is 0 Å². The Hall–Kier alpha value is -2.98. The molecule has 4 aromatic rings. The molecule has 2 saturated heterocycles. The van der Waals surface area contributed by atoms with E-state index in [0.717, 1.165) is 34.4 Å². The van der Waals surface area contributed by atoms with Gasteiger partial charge < -0.3 is 60.9 Å². The number of nitrogen functional groups attached to an aromatic ring is 2. The van der Waals surface area contributed by atoms with Gasteiger partial charge in [0.15, 0.2) is 35.4 Å². The van der Waals surface area contributed by atoms with Crippen LogP contribution in [0.2, 0.25) is 0 Å². The number of phosphoric ester groups is 2. The highest BCUT2D eigenvalue weighted by atomic mass is 31.3. The van der Waals surface area contributed by atoms with E-state index in [1.807, 2.05) is 0 Å².